The predicted octanol–water partition coefficient (Wildman–Crippen LogP) is 8.67. The fourth-order valence-electron chi connectivity index (χ4n) is 6.82. The van der Waals surface area contributed by atoms with Crippen LogP contribution in [0.3, 0.4) is 0 Å². The number of fused-ring (bicyclic) bond motifs is 2. The number of carbonyl (C=O) groups is 2. The minimum absolute atomic E-state index is 0. The molecule has 16 heteroatoms. The Labute approximate surface area is 374 Å². The molecule has 0 radical (unpaired) electrons. The number of amides is 2. The Balaban J connectivity index is 0.000000220. The van der Waals surface area contributed by atoms with Gasteiger partial charge < -0.3 is 29.2 Å². The summed E-state index contributed by atoms with van der Waals surface area (Å²) in [5.74, 6) is -0.535. The van der Waals surface area contributed by atoms with E-state index >= 15 is 0 Å². The second-order valence-corrected chi connectivity index (χ2v) is 17.7. The van der Waals surface area contributed by atoms with Gasteiger partial charge in [-0.15, -0.1) is 22.7 Å². The number of benzene rings is 2. The molecule has 2 saturated heterocycles. The summed E-state index contributed by atoms with van der Waals surface area (Å²) in [4.78, 5) is 47.5. The zero-order chi connectivity index (χ0) is 40.8. The third kappa shape index (κ3) is 11.7. The molecule has 11 nitrogen and oxygen atoms in total. The van der Waals surface area contributed by atoms with Gasteiger partial charge in [0.25, 0.3) is 11.8 Å². The zero-order valence-electron chi connectivity index (χ0n) is 32.2. The lowest BCUT2D eigenvalue weighted by Crippen LogP contribution is -2.35. The number of rotatable bonds is 10. The summed E-state index contributed by atoms with van der Waals surface area (Å²) < 4.78 is 15.3. The SMILES string of the molecule is C.C.Cn1cc(C(=O)NCc2ccc(Cl)cc2)c(=O)c2cc(CN3CCOCC3)sc21.Cn1cc(C(=O)NCc2ccc(Cl)cc2)c(=S)c2cc(CN3CCOCC3)sc21. The number of hydrogen-bond donors (Lipinski definition) is 2. The first-order valence-corrected chi connectivity index (χ1v) is 21.7. The predicted molar refractivity (Wildman–Crippen MR) is 250 cm³/mol. The van der Waals surface area contributed by atoms with Crippen molar-refractivity contribution in [3.05, 3.63) is 130 Å². The lowest BCUT2D eigenvalue weighted by molar-refractivity contribution is 0.0346. The number of carbonyl (C=O) groups excluding carboxylic acids is 2. The van der Waals surface area contributed by atoms with E-state index in [9.17, 15) is 14.4 Å². The summed E-state index contributed by atoms with van der Waals surface area (Å²) in [7, 11) is 3.83. The first-order valence-electron chi connectivity index (χ1n) is 18.9. The largest absolute Gasteiger partial charge is 0.379 e. The third-order valence-corrected chi connectivity index (χ3v) is 13.3. The quantitative estimate of drug-likeness (QED) is 0.132. The van der Waals surface area contributed by atoms with E-state index in [2.05, 4.69) is 26.5 Å². The number of aromatic nitrogens is 2. The number of ether oxygens (including phenoxy) is 2. The van der Waals surface area contributed by atoms with E-state index in [1.807, 2.05) is 71.9 Å². The van der Waals surface area contributed by atoms with Crippen LogP contribution < -0.4 is 16.1 Å². The molecule has 4 aromatic heterocycles. The number of hydrogen-bond acceptors (Lipinski definition) is 10. The van der Waals surface area contributed by atoms with Gasteiger partial charge in [0.05, 0.1) is 41.9 Å². The van der Waals surface area contributed by atoms with Gasteiger partial charge in [0.1, 0.15) is 15.2 Å². The minimum atomic E-state index is -0.372. The van der Waals surface area contributed by atoms with E-state index < -0.39 is 0 Å². The summed E-state index contributed by atoms with van der Waals surface area (Å²) in [5.41, 5.74) is 2.37. The van der Waals surface area contributed by atoms with E-state index in [1.54, 1.807) is 41.0 Å². The fraction of sp³-hybridized carbons (Fsp3) is 0.364. The van der Waals surface area contributed by atoms with Crippen molar-refractivity contribution < 1.29 is 19.1 Å². The highest BCUT2D eigenvalue weighted by atomic mass is 35.5. The molecule has 0 bridgehead atoms. The average Bonchev–Trinajstić information content (AvgIpc) is 3.87. The highest BCUT2D eigenvalue weighted by Crippen LogP contribution is 2.29. The van der Waals surface area contributed by atoms with E-state index in [-0.39, 0.29) is 37.7 Å². The van der Waals surface area contributed by atoms with Gasteiger partial charge in [0.2, 0.25) is 5.43 Å². The normalized spacial score (nSPS) is 14.5. The summed E-state index contributed by atoms with van der Waals surface area (Å²) in [5, 5.41) is 8.67. The van der Waals surface area contributed by atoms with Crippen LogP contribution in [0.15, 0.2) is 77.9 Å². The Hall–Kier alpha value is -3.96. The van der Waals surface area contributed by atoms with Crippen molar-refractivity contribution in [2.45, 2.75) is 41.0 Å². The van der Waals surface area contributed by atoms with Gasteiger partial charge in [-0.25, -0.2) is 0 Å². The first-order chi connectivity index (χ1) is 28.0. The molecule has 6 aromatic rings. The molecule has 2 fully saturated rings. The molecule has 0 unspecified atom stereocenters. The van der Waals surface area contributed by atoms with Gasteiger partial charge in [-0.3, -0.25) is 24.2 Å². The molecule has 2 aromatic carbocycles. The molecular weight excluding hydrogens is 860 g/mol. The number of aryl methyl sites for hydroxylation is 2. The van der Waals surface area contributed by atoms with Crippen molar-refractivity contribution in [3.63, 3.8) is 0 Å². The number of nitrogens with one attached hydrogen (secondary N) is 2. The molecule has 2 aliphatic rings. The van der Waals surface area contributed by atoms with E-state index in [1.165, 1.54) is 4.88 Å². The van der Waals surface area contributed by atoms with Crippen LogP contribution in [-0.4, -0.2) is 83.4 Å². The third-order valence-electron chi connectivity index (χ3n) is 9.98. The van der Waals surface area contributed by atoms with Crippen LogP contribution in [0.4, 0.5) is 0 Å². The van der Waals surface area contributed by atoms with Crippen LogP contribution >= 0.6 is 58.1 Å². The molecule has 0 spiro atoms. The fourth-order valence-corrected chi connectivity index (χ4v) is 9.71. The Morgan fingerprint density at radius 2 is 1.07 bits per heavy atom. The van der Waals surface area contributed by atoms with E-state index in [0.717, 1.165) is 96.7 Å². The minimum Gasteiger partial charge on any atom is -0.379 e. The van der Waals surface area contributed by atoms with Crippen molar-refractivity contribution in [2.75, 3.05) is 52.6 Å². The highest BCUT2D eigenvalue weighted by Gasteiger charge is 2.20. The lowest BCUT2D eigenvalue weighted by Gasteiger charge is -2.25. The van der Waals surface area contributed by atoms with Gasteiger partial charge in [0, 0.05) is 104 Å². The summed E-state index contributed by atoms with van der Waals surface area (Å²) >= 11 is 20.8. The van der Waals surface area contributed by atoms with Crippen LogP contribution in [0.25, 0.3) is 20.4 Å². The molecule has 320 valence electrons. The number of nitrogens with zero attached hydrogens (tertiary/aromatic N) is 4. The average molecular weight is 912 g/mol. The summed E-state index contributed by atoms with van der Waals surface area (Å²) in [6, 6.07) is 18.7. The Morgan fingerprint density at radius 3 is 1.53 bits per heavy atom. The Morgan fingerprint density at radius 1 is 0.667 bits per heavy atom. The molecule has 2 aliphatic heterocycles. The molecular formula is C44H52Cl2N6O5S3. The van der Waals surface area contributed by atoms with Crippen molar-refractivity contribution in [3.8, 4) is 0 Å². The summed E-state index contributed by atoms with van der Waals surface area (Å²) in [6.07, 6.45) is 3.45. The molecule has 6 heterocycles. The van der Waals surface area contributed by atoms with Crippen LogP contribution in [-0.2, 0) is 49.7 Å². The molecule has 2 amide bonds. The van der Waals surface area contributed by atoms with Gasteiger partial charge in [0.15, 0.2) is 0 Å². The first kappa shape index (κ1) is 47.1. The van der Waals surface area contributed by atoms with Gasteiger partial charge in [-0.05, 0) is 47.5 Å². The number of pyridine rings is 2. The van der Waals surface area contributed by atoms with Gasteiger partial charge >= 0.3 is 0 Å². The van der Waals surface area contributed by atoms with E-state index in [4.69, 9.17) is 44.9 Å². The molecule has 2 N–H and O–H groups in total. The maximum atomic E-state index is 13.0. The van der Waals surface area contributed by atoms with Gasteiger partial charge in [-0.1, -0.05) is 74.5 Å². The molecule has 60 heavy (non-hydrogen) atoms. The zero-order valence-corrected chi connectivity index (χ0v) is 36.2. The smallest absolute Gasteiger partial charge is 0.257 e. The Kier molecular flexibility index (Phi) is 17.0. The van der Waals surface area contributed by atoms with Crippen LogP contribution in [0, 0.1) is 4.51 Å². The Bertz CT molecular complexity index is 2350. The highest BCUT2D eigenvalue weighted by molar-refractivity contribution is 7.71. The van der Waals surface area contributed by atoms with Crippen molar-refractivity contribution in [1.29, 1.82) is 0 Å². The number of morpholine rings is 2. The van der Waals surface area contributed by atoms with Crippen LogP contribution in [0.1, 0.15) is 56.5 Å². The topological polar surface area (TPSA) is 110 Å². The number of thiophene rings is 2. The second-order valence-electron chi connectivity index (χ2n) is 14.2. The molecule has 0 aliphatic carbocycles. The number of halogens is 2. The van der Waals surface area contributed by atoms with Crippen molar-refractivity contribution in [1.82, 2.24) is 29.6 Å². The maximum Gasteiger partial charge on any atom is 0.257 e. The maximum absolute atomic E-state index is 13.0. The van der Waals surface area contributed by atoms with Crippen molar-refractivity contribution in [2.24, 2.45) is 14.1 Å². The second kappa shape index (κ2) is 21.7. The lowest BCUT2D eigenvalue weighted by atomic mass is 10.2. The molecule has 0 saturated carbocycles. The van der Waals surface area contributed by atoms with Crippen molar-refractivity contribution >= 4 is 90.3 Å². The monoisotopic (exact) mass is 910 g/mol. The standard InChI is InChI=1S/C21H22ClN3O3S.C21H22ClN3O2S2.2CH4/c1-24-13-18(20(27)23-11-14-2-4-15(22)5-3-14)19(26)17-10-16(29-21(17)24)12-25-6-8-28-9-7-25;1-24-13-18(20(26)23-11-14-2-4-15(22)5-3-14)19(28)17-10-16(29-21(17)24)12-25-6-8-27-9-7-25;;/h2-5,10,13H,6-9,11-12H2,1H3,(H,23,27);2-5,10,13H,6-9,11-12H2,1H3,(H,23,26);2*1H4. The summed E-state index contributed by atoms with van der Waals surface area (Å²) in [6.45, 7) is 9.15. The molecule has 0 atom stereocenters. The van der Waals surface area contributed by atoms with E-state index in [0.29, 0.717) is 38.6 Å². The molecule has 8 rings (SSSR count). The van der Waals surface area contributed by atoms with Crippen LogP contribution in [0.5, 0.6) is 0 Å². The van der Waals surface area contributed by atoms with Gasteiger partial charge in [-0.2, -0.15) is 0 Å². The van der Waals surface area contributed by atoms with Crippen LogP contribution in [0.2, 0.25) is 10.0 Å².